The number of hydrogen-bond acceptors (Lipinski definition) is 4. The molecule has 0 aliphatic heterocycles. The topological polar surface area (TPSA) is 64.0 Å². The first kappa shape index (κ1) is 19.9. The molecule has 1 aromatic heterocycles. The number of imidazole rings is 1. The summed E-state index contributed by atoms with van der Waals surface area (Å²) < 4.78 is 64.4. The van der Waals surface area contributed by atoms with Crippen molar-refractivity contribution in [3.63, 3.8) is 0 Å². The van der Waals surface area contributed by atoms with Gasteiger partial charge < -0.3 is 9.88 Å². The smallest absolute Gasteiger partial charge is 0.355 e. The quantitative estimate of drug-likeness (QED) is 0.667. The van der Waals surface area contributed by atoms with Crippen LogP contribution in [0.5, 0.6) is 0 Å². The molecule has 28 heavy (non-hydrogen) atoms. The van der Waals surface area contributed by atoms with Crippen molar-refractivity contribution in [2.24, 2.45) is 7.05 Å². The SMILES string of the molecule is CCS(=O)(=O)c1ccc(Nc2ccc(C(F)(F)F)cc2)c(-c2cn(C)cn2)c1. The number of aromatic nitrogens is 2. The molecular weight excluding hydrogens is 391 g/mol. The average molecular weight is 409 g/mol. The van der Waals surface area contributed by atoms with Crippen LogP contribution in [0.2, 0.25) is 0 Å². The van der Waals surface area contributed by atoms with Crippen LogP contribution in [0, 0.1) is 0 Å². The maximum absolute atomic E-state index is 12.7. The fraction of sp³-hybridized carbons (Fsp3) is 0.211. The molecule has 1 N–H and O–H groups in total. The summed E-state index contributed by atoms with van der Waals surface area (Å²) in [6, 6.07) is 9.19. The van der Waals surface area contributed by atoms with Gasteiger partial charge in [0.25, 0.3) is 0 Å². The molecule has 3 aromatic rings. The van der Waals surface area contributed by atoms with E-state index in [2.05, 4.69) is 10.3 Å². The number of benzene rings is 2. The van der Waals surface area contributed by atoms with Crippen LogP contribution in [0.4, 0.5) is 24.5 Å². The molecular formula is C19H18F3N3O2S. The van der Waals surface area contributed by atoms with Crippen LogP contribution in [0.3, 0.4) is 0 Å². The van der Waals surface area contributed by atoms with E-state index in [1.54, 1.807) is 37.1 Å². The summed E-state index contributed by atoms with van der Waals surface area (Å²) in [4.78, 5) is 4.42. The number of anilines is 2. The predicted octanol–water partition coefficient (Wildman–Crippen LogP) is 4.64. The number of halogens is 3. The molecule has 0 bridgehead atoms. The molecule has 0 saturated carbocycles. The minimum Gasteiger partial charge on any atom is -0.355 e. The minimum atomic E-state index is -4.41. The Morgan fingerprint density at radius 1 is 1.11 bits per heavy atom. The first-order valence-corrected chi connectivity index (χ1v) is 10.0. The lowest BCUT2D eigenvalue weighted by Crippen LogP contribution is -2.05. The molecule has 3 rings (SSSR count). The van der Waals surface area contributed by atoms with Crippen LogP contribution >= 0.6 is 0 Å². The van der Waals surface area contributed by atoms with Crippen LogP contribution < -0.4 is 5.32 Å². The predicted molar refractivity (Wildman–Crippen MR) is 101 cm³/mol. The molecule has 0 fully saturated rings. The van der Waals surface area contributed by atoms with E-state index in [0.717, 1.165) is 12.1 Å². The Morgan fingerprint density at radius 3 is 2.32 bits per heavy atom. The second-order valence-electron chi connectivity index (χ2n) is 6.24. The Balaban J connectivity index is 2.03. The molecule has 148 valence electrons. The first-order chi connectivity index (χ1) is 13.1. The van der Waals surface area contributed by atoms with Gasteiger partial charge in [-0.2, -0.15) is 13.2 Å². The van der Waals surface area contributed by atoms with Crippen molar-refractivity contribution in [3.05, 3.63) is 60.6 Å². The lowest BCUT2D eigenvalue weighted by molar-refractivity contribution is -0.137. The molecule has 2 aromatic carbocycles. The summed E-state index contributed by atoms with van der Waals surface area (Å²) in [5, 5.41) is 3.04. The van der Waals surface area contributed by atoms with E-state index >= 15 is 0 Å². The van der Waals surface area contributed by atoms with Gasteiger partial charge in [0.15, 0.2) is 9.84 Å². The summed E-state index contributed by atoms with van der Waals surface area (Å²) in [6.07, 6.45) is -1.10. The summed E-state index contributed by atoms with van der Waals surface area (Å²) >= 11 is 0. The highest BCUT2D eigenvalue weighted by atomic mass is 32.2. The van der Waals surface area contributed by atoms with Crippen LogP contribution in [0.25, 0.3) is 11.3 Å². The third kappa shape index (κ3) is 4.19. The van der Waals surface area contributed by atoms with E-state index in [0.29, 0.717) is 22.6 Å². The van der Waals surface area contributed by atoms with E-state index in [9.17, 15) is 21.6 Å². The number of rotatable bonds is 5. The molecule has 1 heterocycles. The Bertz CT molecular complexity index is 1090. The van der Waals surface area contributed by atoms with Crippen LogP contribution in [-0.2, 0) is 23.1 Å². The molecule has 0 spiro atoms. The normalized spacial score (nSPS) is 12.2. The van der Waals surface area contributed by atoms with Gasteiger partial charge in [0.2, 0.25) is 0 Å². The zero-order valence-corrected chi connectivity index (χ0v) is 16.0. The second kappa shape index (κ2) is 7.31. The molecule has 0 amide bonds. The van der Waals surface area contributed by atoms with Crippen molar-refractivity contribution < 1.29 is 21.6 Å². The van der Waals surface area contributed by atoms with Crippen molar-refractivity contribution >= 4 is 21.2 Å². The third-order valence-electron chi connectivity index (χ3n) is 4.20. The molecule has 0 unspecified atom stereocenters. The van der Waals surface area contributed by atoms with E-state index in [-0.39, 0.29) is 10.6 Å². The summed E-state index contributed by atoms with van der Waals surface area (Å²) in [6.45, 7) is 1.56. The van der Waals surface area contributed by atoms with Crippen molar-refractivity contribution in [2.75, 3.05) is 11.1 Å². The van der Waals surface area contributed by atoms with Gasteiger partial charge in [-0.25, -0.2) is 13.4 Å². The number of hydrogen-bond donors (Lipinski definition) is 1. The van der Waals surface area contributed by atoms with Gasteiger partial charge in [-0.3, -0.25) is 0 Å². The van der Waals surface area contributed by atoms with E-state index in [1.807, 2.05) is 0 Å². The number of nitrogens with one attached hydrogen (secondary N) is 1. The lowest BCUT2D eigenvalue weighted by atomic mass is 10.1. The lowest BCUT2D eigenvalue weighted by Gasteiger charge is -2.14. The monoisotopic (exact) mass is 409 g/mol. The standard InChI is InChI=1S/C19H18F3N3O2S/c1-3-28(26,27)15-8-9-17(16(10-15)18-11-25(2)12-23-18)24-14-6-4-13(5-7-14)19(20,21)22/h4-12,24H,3H2,1-2H3. The Hall–Kier alpha value is -2.81. The summed E-state index contributed by atoms with van der Waals surface area (Å²) in [7, 11) is -1.64. The maximum atomic E-state index is 12.7. The van der Waals surface area contributed by atoms with Crippen molar-refractivity contribution in [1.29, 1.82) is 0 Å². The number of aryl methyl sites for hydroxylation is 1. The first-order valence-electron chi connectivity index (χ1n) is 8.39. The highest BCUT2D eigenvalue weighted by molar-refractivity contribution is 7.91. The molecule has 0 aliphatic rings. The third-order valence-corrected chi connectivity index (χ3v) is 5.93. The highest BCUT2D eigenvalue weighted by Crippen LogP contribution is 2.34. The number of nitrogens with zero attached hydrogens (tertiary/aromatic N) is 2. The fourth-order valence-electron chi connectivity index (χ4n) is 2.65. The second-order valence-corrected chi connectivity index (χ2v) is 8.51. The maximum Gasteiger partial charge on any atom is 0.416 e. The van der Waals surface area contributed by atoms with Gasteiger partial charge in [0, 0.05) is 30.2 Å². The van der Waals surface area contributed by atoms with Crippen LogP contribution in [-0.4, -0.2) is 23.7 Å². The molecule has 0 aliphatic carbocycles. The zero-order chi connectivity index (χ0) is 20.5. The Labute approximate surface area is 160 Å². The zero-order valence-electron chi connectivity index (χ0n) is 15.2. The highest BCUT2D eigenvalue weighted by Gasteiger charge is 2.30. The Morgan fingerprint density at radius 2 is 1.79 bits per heavy atom. The average Bonchev–Trinajstić information content (AvgIpc) is 3.08. The van der Waals surface area contributed by atoms with E-state index in [1.165, 1.54) is 24.3 Å². The largest absolute Gasteiger partial charge is 0.416 e. The van der Waals surface area contributed by atoms with E-state index in [4.69, 9.17) is 0 Å². The summed E-state index contributed by atoms with van der Waals surface area (Å²) in [5.41, 5.74) is 1.32. The molecule has 0 atom stereocenters. The molecule has 9 heteroatoms. The van der Waals surface area contributed by atoms with Gasteiger partial charge in [-0.05, 0) is 42.5 Å². The van der Waals surface area contributed by atoms with Crippen LogP contribution in [0.1, 0.15) is 12.5 Å². The van der Waals surface area contributed by atoms with Gasteiger partial charge >= 0.3 is 6.18 Å². The van der Waals surface area contributed by atoms with Crippen molar-refractivity contribution in [1.82, 2.24) is 9.55 Å². The Kier molecular flexibility index (Phi) is 5.20. The molecule has 0 saturated heterocycles. The van der Waals surface area contributed by atoms with Gasteiger partial charge in [0.05, 0.1) is 28.2 Å². The number of sulfone groups is 1. The fourth-order valence-corrected chi connectivity index (χ4v) is 3.56. The number of alkyl halides is 3. The van der Waals surface area contributed by atoms with Gasteiger partial charge in [0.1, 0.15) is 0 Å². The van der Waals surface area contributed by atoms with Crippen LogP contribution in [0.15, 0.2) is 59.9 Å². The van der Waals surface area contributed by atoms with Crippen molar-refractivity contribution in [2.45, 2.75) is 18.0 Å². The molecule has 0 radical (unpaired) electrons. The van der Waals surface area contributed by atoms with Gasteiger partial charge in [-0.1, -0.05) is 6.92 Å². The molecule has 5 nitrogen and oxygen atoms in total. The van der Waals surface area contributed by atoms with Crippen molar-refractivity contribution in [3.8, 4) is 11.3 Å². The minimum absolute atomic E-state index is 0.0413. The summed E-state index contributed by atoms with van der Waals surface area (Å²) in [5.74, 6) is -0.0413. The van der Waals surface area contributed by atoms with Gasteiger partial charge in [-0.15, -0.1) is 0 Å². The van der Waals surface area contributed by atoms with E-state index < -0.39 is 21.6 Å².